The molecule has 0 radical (unpaired) electrons. The van der Waals surface area contributed by atoms with Crippen LogP contribution in [0.5, 0.6) is 0 Å². The van der Waals surface area contributed by atoms with Gasteiger partial charge >= 0.3 is 0 Å². The second-order valence-electron chi connectivity index (χ2n) is 5.04. The summed E-state index contributed by atoms with van der Waals surface area (Å²) >= 11 is 6.20. The van der Waals surface area contributed by atoms with Crippen molar-refractivity contribution in [2.75, 3.05) is 6.26 Å². The number of benzene rings is 1. The standard InChI is InChI=1S/C15H11ClN2O.CH4O3S/c1-18-14(10-5-2-3-7-12(10)16)9-13-11(15(18)19)6-4-8-17-13;1-5(2,3)4/h2-9H,1H3;1H3,(H,2,3,4). The molecular weight excluding hydrogens is 352 g/mol. The van der Waals surface area contributed by atoms with Gasteiger partial charge in [0.05, 0.1) is 22.9 Å². The Labute approximate surface area is 144 Å². The van der Waals surface area contributed by atoms with Crippen LogP contribution in [0.4, 0.5) is 0 Å². The number of fused-ring (bicyclic) bond motifs is 1. The summed E-state index contributed by atoms with van der Waals surface area (Å²) in [4.78, 5) is 16.6. The van der Waals surface area contributed by atoms with Crippen LogP contribution >= 0.6 is 11.6 Å². The predicted molar refractivity (Wildman–Crippen MR) is 94.9 cm³/mol. The average molecular weight is 367 g/mol. The molecule has 3 aromatic rings. The minimum atomic E-state index is -3.67. The highest BCUT2D eigenvalue weighted by atomic mass is 35.5. The maximum absolute atomic E-state index is 12.3. The molecule has 1 aromatic carbocycles. The van der Waals surface area contributed by atoms with E-state index >= 15 is 0 Å². The monoisotopic (exact) mass is 366 g/mol. The highest BCUT2D eigenvalue weighted by Crippen LogP contribution is 2.27. The number of halogens is 1. The van der Waals surface area contributed by atoms with Gasteiger partial charge in [-0.3, -0.25) is 14.3 Å². The van der Waals surface area contributed by atoms with E-state index in [-0.39, 0.29) is 5.56 Å². The lowest BCUT2D eigenvalue weighted by Crippen LogP contribution is -2.18. The van der Waals surface area contributed by atoms with Crippen LogP contribution in [0.15, 0.2) is 53.5 Å². The molecule has 0 aliphatic rings. The Kier molecular flexibility index (Phi) is 5.38. The Hall–Kier alpha value is -2.22. The third-order valence-electron chi connectivity index (χ3n) is 3.16. The smallest absolute Gasteiger partial charge is 0.261 e. The first-order valence-corrected chi connectivity index (χ1v) is 9.03. The van der Waals surface area contributed by atoms with Gasteiger partial charge in [0.25, 0.3) is 15.7 Å². The van der Waals surface area contributed by atoms with E-state index in [2.05, 4.69) is 4.98 Å². The Bertz CT molecular complexity index is 1040. The summed E-state index contributed by atoms with van der Waals surface area (Å²) in [5.41, 5.74) is 2.21. The highest BCUT2D eigenvalue weighted by molar-refractivity contribution is 7.85. The Morgan fingerprint density at radius 2 is 1.79 bits per heavy atom. The number of pyridine rings is 2. The number of aromatic nitrogens is 2. The van der Waals surface area contributed by atoms with Crippen LogP contribution in [0.3, 0.4) is 0 Å². The molecule has 0 atom stereocenters. The molecule has 1 N–H and O–H groups in total. The van der Waals surface area contributed by atoms with E-state index < -0.39 is 10.1 Å². The van der Waals surface area contributed by atoms with E-state index in [9.17, 15) is 13.2 Å². The molecule has 126 valence electrons. The van der Waals surface area contributed by atoms with Crippen molar-refractivity contribution in [2.45, 2.75) is 0 Å². The Morgan fingerprint density at radius 1 is 1.17 bits per heavy atom. The van der Waals surface area contributed by atoms with Gasteiger partial charge in [0.2, 0.25) is 0 Å². The van der Waals surface area contributed by atoms with E-state index in [1.165, 1.54) is 0 Å². The molecule has 2 heterocycles. The summed E-state index contributed by atoms with van der Waals surface area (Å²) in [6.45, 7) is 0. The zero-order chi connectivity index (χ0) is 17.9. The fourth-order valence-electron chi connectivity index (χ4n) is 2.16. The fraction of sp³-hybridized carbons (Fsp3) is 0.125. The molecular formula is C16H15ClN2O4S. The summed E-state index contributed by atoms with van der Waals surface area (Å²) in [7, 11) is -1.92. The Morgan fingerprint density at radius 3 is 2.42 bits per heavy atom. The third-order valence-corrected chi connectivity index (χ3v) is 3.49. The quantitative estimate of drug-likeness (QED) is 0.669. The maximum Gasteiger partial charge on any atom is 0.261 e. The van der Waals surface area contributed by atoms with Crippen LogP contribution in [0.2, 0.25) is 5.02 Å². The number of hydrogen-bond acceptors (Lipinski definition) is 4. The lowest BCUT2D eigenvalue weighted by atomic mass is 10.1. The molecule has 0 amide bonds. The molecule has 0 aliphatic heterocycles. The van der Waals surface area contributed by atoms with Crippen molar-refractivity contribution < 1.29 is 13.0 Å². The van der Waals surface area contributed by atoms with Crippen LogP contribution in [0.1, 0.15) is 0 Å². The number of hydrogen-bond donors (Lipinski definition) is 1. The molecule has 0 aliphatic carbocycles. The first-order chi connectivity index (χ1) is 11.2. The lowest BCUT2D eigenvalue weighted by molar-refractivity contribution is 0.490. The molecule has 0 saturated carbocycles. The summed E-state index contributed by atoms with van der Waals surface area (Å²) in [6.07, 6.45) is 2.39. The first kappa shape index (κ1) is 18.1. The van der Waals surface area contributed by atoms with Gasteiger partial charge in [-0.25, -0.2) is 0 Å². The summed E-state index contributed by atoms with van der Waals surface area (Å²) in [6, 6.07) is 12.9. The zero-order valence-corrected chi connectivity index (χ0v) is 14.5. The second-order valence-corrected chi connectivity index (χ2v) is 6.92. The van der Waals surface area contributed by atoms with Crippen molar-refractivity contribution in [1.29, 1.82) is 0 Å². The van der Waals surface area contributed by atoms with Gasteiger partial charge in [-0.15, -0.1) is 0 Å². The van der Waals surface area contributed by atoms with E-state index in [4.69, 9.17) is 16.2 Å². The fourth-order valence-corrected chi connectivity index (χ4v) is 2.39. The van der Waals surface area contributed by atoms with E-state index in [1.807, 2.05) is 30.3 Å². The molecule has 0 spiro atoms. The van der Waals surface area contributed by atoms with Crippen LogP contribution < -0.4 is 5.56 Å². The SMILES string of the molecule is CS(=O)(=O)O.Cn1c(-c2ccccc2Cl)cc2ncccc2c1=O. The van der Waals surface area contributed by atoms with Gasteiger partial charge < -0.3 is 4.57 Å². The number of rotatable bonds is 1. The van der Waals surface area contributed by atoms with Gasteiger partial charge in [-0.2, -0.15) is 8.42 Å². The minimum Gasteiger partial charge on any atom is -0.311 e. The molecule has 0 saturated heterocycles. The van der Waals surface area contributed by atoms with Crippen LogP contribution in [0.25, 0.3) is 22.2 Å². The largest absolute Gasteiger partial charge is 0.311 e. The predicted octanol–water partition coefficient (Wildman–Crippen LogP) is 2.76. The van der Waals surface area contributed by atoms with Crippen molar-refractivity contribution in [1.82, 2.24) is 9.55 Å². The molecule has 0 fully saturated rings. The number of nitrogens with zero attached hydrogens (tertiary/aromatic N) is 2. The molecule has 6 nitrogen and oxygen atoms in total. The van der Waals surface area contributed by atoms with E-state index in [1.54, 1.807) is 29.9 Å². The van der Waals surface area contributed by atoms with Gasteiger partial charge in [0.15, 0.2) is 0 Å². The average Bonchev–Trinajstić information content (AvgIpc) is 2.50. The van der Waals surface area contributed by atoms with Gasteiger partial charge in [0.1, 0.15) is 0 Å². The molecule has 3 rings (SSSR count). The maximum atomic E-state index is 12.3. The molecule has 24 heavy (non-hydrogen) atoms. The van der Waals surface area contributed by atoms with Crippen molar-refractivity contribution in [2.24, 2.45) is 7.05 Å². The van der Waals surface area contributed by atoms with Crippen molar-refractivity contribution in [3.05, 3.63) is 64.0 Å². The van der Waals surface area contributed by atoms with Gasteiger partial charge in [0, 0.05) is 23.8 Å². The minimum absolute atomic E-state index is 0.0690. The topological polar surface area (TPSA) is 89.3 Å². The molecule has 0 bridgehead atoms. The van der Waals surface area contributed by atoms with Crippen LogP contribution in [-0.4, -0.2) is 28.8 Å². The molecule has 0 unspecified atom stereocenters. The summed E-state index contributed by atoms with van der Waals surface area (Å²) < 4.78 is 27.5. The van der Waals surface area contributed by atoms with Crippen molar-refractivity contribution in [3.8, 4) is 11.3 Å². The van der Waals surface area contributed by atoms with E-state index in [0.717, 1.165) is 11.3 Å². The third kappa shape index (κ3) is 4.41. The lowest BCUT2D eigenvalue weighted by Gasteiger charge is -2.11. The van der Waals surface area contributed by atoms with Crippen LogP contribution in [0, 0.1) is 0 Å². The van der Waals surface area contributed by atoms with E-state index in [0.29, 0.717) is 22.2 Å². The molecule has 8 heteroatoms. The summed E-state index contributed by atoms with van der Waals surface area (Å²) in [5, 5.41) is 1.23. The molecule has 2 aromatic heterocycles. The van der Waals surface area contributed by atoms with Crippen LogP contribution in [-0.2, 0) is 17.2 Å². The van der Waals surface area contributed by atoms with Crippen molar-refractivity contribution >= 4 is 32.6 Å². The Balaban J connectivity index is 0.000000368. The highest BCUT2D eigenvalue weighted by Gasteiger charge is 2.10. The normalized spacial score (nSPS) is 11.0. The van der Waals surface area contributed by atoms with Gasteiger partial charge in [-0.1, -0.05) is 29.8 Å². The zero-order valence-electron chi connectivity index (χ0n) is 13.0. The second kappa shape index (κ2) is 7.12. The summed E-state index contributed by atoms with van der Waals surface area (Å²) in [5.74, 6) is 0. The van der Waals surface area contributed by atoms with Gasteiger partial charge in [-0.05, 0) is 24.3 Å². The first-order valence-electron chi connectivity index (χ1n) is 6.80. The van der Waals surface area contributed by atoms with Crippen molar-refractivity contribution in [3.63, 3.8) is 0 Å².